The maximum Gasteiger partial charge on any atom is 0.230 e. The maximum absolute atomic E-state index is 12.3. The molecule has 8 heteroatoms. The number of anilines is 1. The van der Waals surface area contributed by atoms with E-state index in [0.29, 0.717) is 30.4 Å². The number of amides is 1. The monoisotopic (exact) mass is 432 g/mol. The summed E-state index contributed by atoms with van der Waals surface area (Å²) in [4.78, 5) is 16.9. The molecule has 0 aliphatic carbocycles. The Kier molecular flexibility index (Phi) is 6.04. The third-order valence-corrected chi connectivity index (χ3v) is 6.33. The fourth-order valence-corrected chi connectivity index (χ4v) is 4.70. The molecule has 0 unspecified atom stereocenters. The summed E-state index contributed by atoms with van der Waals surface area (Å²) in [5.41, 5.74) is 2.58. The Bertz CT molecular complexity index is 993. The fraction of sp³-hybridized carbons (Fsp3) is 0.200. The van der Waals surface area contributed by atoms with Crippen LogP contribution in [0.3, 0.4) is 0 Å². The second-order valence-corrected chi connectivity index (χ2v) is 8.62. The zero-order valence-corrected chi connectivity index (χ0v) is 17.2. The van der Waals surface area contributed by atoms with E-state index in [1.807, 2.05) is 29.6 Å². The summed E-state index contributed by atoms with van der Waals surface area (Å²) in [6.45, 7) is 1.05. The Morgan fingerprint density at radius 2 is 2.04 bits per heavy atom. The molecule has 4 rings (SSSR count). The predicted molar refractivity (Wildman–Crippen MR) is 113 cm³/mol. The molecule has 28 heavy (non-hydrogen) atoms. The van der Waals surface area contributed by atoms with Crippen molar-refractivity contribution in [2.24, 2.45) is 0 Å². The number of nitrogens with one attached hydrogen (secondary N) is 1. The van der Waals surface area contributed by atoms with Gasteiger partial charge in [-0.2, -0.15) is 0 Å². The second kappa shape index (κ2) is 8.86. The molecule has 0 fully saturated rings. The number of rotatable bonds is 6. The molecule has 1 aromatic heterocycles. The van der Waals surface area contributed by atoms with Crippen molar-refractivity contribution in [1.29, 1.82) is 0 Å². The lowest BCUT2D eigenvalue weighted by Gasteiger charge is -2.18. The average Bonchev–Trinajstić information content (AvgIpc) is 3.13. The molecule has 1 aliphatic rings. The molecule has 0 bridgehead atoms. The van der Waals surface area contributed by atoms with Crippen LogP contribution >= 0.6 is 34.7 Å². The largest absolute Gasteiger partial charge is 0.486 e. The van der Waals surface area contributed by atoms with E-state index in [9.17, 15) is 4.79 Å². The number of nitrogens with zero attached hydrogens (tertiary/aromatic N) is 1. The normalized spacial score (nSPS) is 12.6. The first kappa shape index (κ1) is 19.1. The Hall–Kier alpha value is -2.22. The number of halogens is 1. The standard InChI is InChI=1S/C20H17ClN2O3S2/c21-14-3-1-2-13(8-14)11-27-20-23-16(12-28-20)10-19(24)22-15-4-5-17-18(9-15)26-7-6-25-17/h1-5,8-9,12H,6-7,10-11H2,(H,22,24). The van der Waals surface area contributed by atoms with E-state index in [4.69, 9.17) is 21.1 Å². The number of fused-ring (bicyclic) bond motifs is 1. The van der Waals surface area contributed by atoms with Gasteiger partial charge in [-0.15, -0.1) is 11.3 Å². The van der Waals surface area contributed by atoms with Crippen molar-refractivity contribution < 1.29 is 14.3 Å². The molecule has 3 aromatic rings. The van der Waals surface area contributed by atoms with Crippen LogP contribution in [0.15, 0.2) is 52.2 Å². The molecule has 2 heterocycles. The zero-order chi connectivity index (χ0) is 19.3. The summed E-state index contributed by atoms with van der Waals surface area (Å²) >= 11 is 9.19. The summed E-state index contributed by atoms with van der Waals surface area (Å²) in [7, 11) is 0. The van der Waals surface area contributed by atoms with Crippen LogP contribution in [0.5, 0.6) is 11.5 Å². The first-order chi connectivity index (χ1) is 13.7. The number of thioether (sulfide) groups is 1. The van der Waals surface area contributed by atoms with Crippen molar-refractivity contribution in [3.8, 4) is 11.5 Å². The maximum atomic E-state index is 12.3. The highest BCUT2D eigenvalue weighted by molar-refractivity contribution is 8.00. The van der Waals surface area contributed by atoms with Crippen LogP contribution in [0.1, 0.15) is 11.3 Å². The van der Waals surface area contributed by atoms with Crippen molar-refractivity contribution in [1.82, 2.24) is 4.98 Å². The predicted octanol–water partition coefficient (Wildman–Crippen LogP) is 5.04. The molecule has 1 aliphatic heterocycles. The fourth-order valence-electron chi connectivity index (χ4n) is 2.70. The van der Waals surface area contributed by atoms with Gasteiger partial charge in [0.25, 0.3) is 0 Å². The molecular formula is C20H17ClN2O3S2. The van der Waals surface area contributed by atoms with Crippen LogP contribution in [-0.4, -0.2) is 24.1 Å². The molecule has 0 spiro atoms. The molecule has 1 N–H and O–H groups in total. The van der Waals surface area contributed by atoms with Gasteiger partial charge in [-0.3, -0.25) is 4.79 Å². The molecule has 0 saturated carbocycles. The summed E-state index contributed by atoms with van der Waals surface area (Å²) in [6, 6.07) is 13.2. The molecular weight excluding hydrogens is 416 g/mol. The highest BCUT2D eigenvalue weighted by Crippen LogP contribution is 2.32. The van der Waals surface area contributed by atoms with Gasteiger partial charge in [-0.05, 0) is 29.8 Å². The van der Waals surface area contributed by atoms with Crippen molar-refractivity contribution in [2.45, 2.75) is 16.5 Å². The van der Waals surface area contributed by atoms with Gasteiger partial charge >= 0.3 is 0 Å². The van der Waals surface area contributed by atoms with Crippen LogP contribution < -0.4 is 14.8 Å². The average molecular weight is 433 g/mol. The molecule has 2 aromatic carbocycles. The number of ether oxygens (including phenoxy) is 2. The van der Waals surface area contributed by atoms with Gasteiger partial charge in [0.15, 0.2) is 11.5 Å². The quantitative estimate of drug-likeness (QED) is 0.553. The Morgan fingerprint density at radius 3 is 2.89 bits per heavy atom. The Balaban J connectivity index is 1.31. The minimum atomic E-state index is -0.117. The molecule has 0 atom stereocenters. The third-order valence-electron chi connectivity index (χ3n) is 3.95. The van der Waals surface area contributed by atoms with E-state index in [1.165, 1.54) is 0 Å². The SMILES string of the molecule is O=C(Cc1csc(SCc2cccc(Cl)c2)n1)Nc1ccc2c(c1)OCCO2. The van der Waals surface area contributed by atoms with Crippen molar-refractivity contribution in [3.05, 3.63) is 64.1 Å². The molecule has 5 nitrogen and oxygen atoms in total. The van der Waals surface area contributed by atoms with Gasteiger partial charge in [-0.1, -0.05) is 35.5 Å². The van der Waals surface area contributed by atoms with Gasteiger partial charge in [0.2, 0.25) is 5.91 Å². The van der Waals surface area contributed by atoms with Crippen molar-refractivity contribution in [2.75, 3.05) is 18.5 Å². The van der Waals surface area contributed by atoms with E-state index in [0.717, 1.165) is 26.4 Å². The number of carbonyl (C=O) groups excluding carboxylic acids is 1. The summed E-state index contributed by atoms with van der Waals surface area (Å²) in [5.74, 6) is 2.02. The highest BCUT2D eigenvalue weighted by Gasteiger charge is 2.14. The minimum Gasteiger partial charge on any atom is -0.486 e. The smallest absolute Gasteiger partial charge is 0.230 e. The number of hydrogen-bond donors (Lipinski definition) is 1. The second-order valence-electron chi connectivity index (χ2n) is 6.11. The summed E-state index contributed by atoms with van der Waals surface area (Å²) in [5, 5.41) is 5.53. The van der Waals surface area contributed by atoms with Crippen LogP contribution in [0.25, 0.3) is 0 Å². The molecule has 144 valence electrons. The molecule has 0 radical (unpaired) electrons. The van der Waals surface area contributed by atoms with Crippen molar-refractivity contribution in [3.63, 3.8) is 0 Å². The van der Waals surface area contributed by atoms with E-state index >= 15 is 0 Å². The summed E-state index contributed by atoms with van der Waals surface area (Å²) in [6.07, 6.45) is 0.225. The Labute approximate surface area is 176 Å². The van der Waals surface area contributed by atoms with Crippen LogP contribution in [0, 0.1) is 0 Å². The molecule has 0 saturated heterocycles. The first-order valence-electron chi connectivity index (χ1n) is 8.67. The number of thiazole rings is 1. The lowest BCUT2D eigenvalue weighted by Crippen LogP contribution is -2.17. The Morgan fingerprint density at radius 1 is 1.18 bits per heavy atom. The highest BCUT2D eigenvalue weighted by atomic mass is 35.5. The number of benzene rings is 2. The molecule has 1 amide bonds. The van der Waals surface area contributed by atoms with E-state index in [1.54, 1.807) is 41.3 Å². The van der Waals surface area contributed by atoms with Crippen LogP contribution in [-0.2, 0) is 17.0 Å². The number of carbonyl (C=O) groups is 1. The summed E-state index contributed by atoms with van der Waals surface area (Å²) < 4.78 is 12.0. The van der Waals surface area contributed by atoms with E-state index in [-0.39, 0.29) is 12.3 Å². The zero-order valence-electron chi connectivity index (χ0n) is 14.8. The number of hydrogen-bond acceptors (Lipinski definition) is 6. The number of aromatic nitrogens is 1. The van der Waals surface area contributed by atoms with Gasteiger partial charge in [0.05, 0.1) is 12.1 Å². The van der Waals surface area contributed by atoms with Gasteiger partial charge < -0.3 is 14.8 Å². The van der Waals surface area contributed by atoms with Crippen LogP contribution in [0.4, 0.5) is 5.69 Å². The lowest BCUT2D eigenvalue weighted by molar-refractivity contribution is -0.115. The van der Waals surface area contributed by atoms with Gasteiger partial charge in [-0.25, -0.2) is 4.98 Å². The minimum absolute atomic E-state index is 0.117. The first-order valence-corrected chi connectivity index (χ1v) is 10.9. The van der Waals surface area contributed by atoms with Gasteiger partial charge in [0, 0.05) is 27.9 Å². The lowest BCUT2D eigenvalue weighted by atomic mass is 10.2. The van der Waals surface area contributed by atoms with Crippen LogP contribution in [0.2, 0.25) is 5.02 Å². The third kappa shape index (κ3) is 4.98. The van der Waals surface area contributed by atoms with Crippen molar-refractivity contribution >= 4 is 46.3 Å². The van der Waals surface area contributed by atoms with E-state index < -0.39 is 0 Å². The topological polar surface area (TPSA) is 60.5 Å². The van der Waals surface area contributed by atoms with E-state index in [2.05, 4.69) is 10.3 Å². The van der Waals surface area contributed by atoms with Gasteiger partial charge in [0.1, 0.15) is 17.6 Å².